The first-order chi connectivity index (χ1) is 14.6. The SMILES string of the molecule is CSc1ccc([C@@H]2CN(C)Cc3cc(OCCCN4CCC(F)CC4)ccc32)cc1. The molecule has 2 aliphatic rings. The maximum atomic E-state index is 13.2. The molecule has 30 heavy (non-hydrogen) atoms. The number of fused-ring (bicyclic) bond motifs is 1. The van der Waals surface area contributed by atoms with Crippen molar-refractivity contribution in [3.8, 4) is 5.75 Å². The summed E-state index contributed by atoms with van der Waals surface area (Å²) in [5, 5.41) is 0. The van der Waals surface area contributed by atoms with Gasteiger partial charge in [-0.25, -0.2) is 4.39 Å². The van der Waals surface area contributed by atoms with Crippen molar-refractivity contribution in [2.75, 3.05) is 46.1 Å². The molecule has 0 radical (unpaired) electrons. The molecule has 2 aliphatic heterocycles. The topological polar surface area (TPSA) is 15.7 Å². The van der Waals surface area contributed by atoms with Crippen molar-refractivity contribution >= 4 is 11.8 Å². The lowest BCUT2D eigenvalue weighted by molar-refractivity contribution is 0.143. The van der Waals surface area contributed by atoms with E-state index in [1.165, 1.54) is 21.6 Å². The fourth-order valence-corrected chi connectivity index (χ4v) is 5.05. The van der Waals surface area contributed by atoms with Crippen molar-refractivity contribution in [2.24, 2.45) is 0 Å². The number of halogens is 1. The van der Waals surface area contributed by atoms with Gasteiger partial charge in [-0.2, -0.15) is 0 Å². The van der Waals surface area contributed by atoms with Crippen LogP contribution in [0.3, 0.4) is 0 Å². The van der Waals surface area contributed by atoms with Gasteiger partial charge in [0.1, 0.15) is 11.9 Å². The molecule has 0 aliphatic carbocycles. The molecule has 2 aromatic rings. The number of piperidine rings is 1. The summed E-state index contributed by atoms with van der Waals surface area (Å²) in [5.41, 5.74) is 4.17. The summed E-state index contributed by atoms with van der Waals surface area (Å²) in [6, 6.07) is 15.6. The van der Waals surface area contributed by atoms with Crippen molar-refractivity contribution in [3.63, 3.8) is 0 Å². The van der Waals surface area contributed by atoms with Crippen molar-refractivity contribution in [3.05, 3.63) is 59.2 Å². The minimum absolute atomic E-state index is 0.405. The minimum atomic E-state index is -0.599. The van der Waals surface area contributed by atoms with Crippen molar-refractivity contribution in [1.29, 1.82) is 0 Å². The van der Waals surface area contributed by atoms with Crippen LogP contribution in [-0.2, 0) is 6.54 Å². The summed E-state index contributed by atoms with van der Waals surface area (Å²) in [6.45, 7) is 5.47. The second-order valence-corrected chi connectivity index (χ2v) is 9.48. The van der Waals surface area contributed by atoms with Gasteiger partial charge >= 0.3 is 0 Å². The molecule has 0 unspecified atom stereocenters. The molecule has 0 saturated carbocycles. The number of hydrogen-bond donors (Lipinski definition) is 0. The number of alkyl halides is 1. The van der Waals surface area contributed by atoms with E-state index in [0.717, 1.165) is 44.9 Å². The van der Waals surface area contributed by atoms with E-state index in [1.54, 1.807) is 11.8 Å². The predicted molar refractivity (Wildman–Crippen MR) is 124 cm³/mol. The van der Waals surface area contributed by atoms with Crippen LogP contribution in [0, 0.1) is 0 Å². The molecule has 3 nitrogen and oxygen atoms in total. The molecular formula is C25H33FN2OS. The van der Waals surface area contributed by atoms with E-state index in [4.69, 9.17) is 4.74 Å². The lowest BCUT2D eigenvalue weighted by Gasteiger charge is -2.33. The quantitative estimate of drug-likeness (QED) is 0.445. The highest BCUT2D eigenvalue weighted by molar-refractivity contribution is 7.98. The fraction of sp³-hybridized carbons (Fsp3) is 0.520. The normalized spacial score (nSPS) is 20.8. The molecule has 0 amide bonds. The van der Waals surface area contributed by atoms with Gasteiger partial charge in [-0.3, -0.25) is 0 Å². The summed E-state index contributed by atoms with van der Waals surface area (Å²) >= 11 is 1.78. The van der Waals surface area contributed by atoms with Crippen LogP contribution in [0.1, 0.15) is 41.9 Å². The van der Waals surface area contributed by atoms with Gasteiger partial charge in [0, 0.05) is 43.5 Å². The molecule has 1 fully saturated rings. The van der Waals surface area contributed by atoms with Gasteiger partial charge in [-0.1, -0.05) is 18.2 Å². The number of ether oxygens (including phenoxy) is 1. The van der Waals surface area contributed by atoms with E-state index in [9.17, 15) is 4.39 Å². The lowest BCUT2D eigenvalue weighted by Crippen LogP contribution is -2.35. The predicted octanol–water partition coefficient (Wildman–Crippen LogP) is 5.19. The van der Waals surface area contributed by atoms with Crippen molar-refractivity contribution in [2.45, 2.75) is 42.8 Å². The summed E-state index contributed by atoms with van der Waals surface area (Å²) < 4.78 is 19.3. The van der Waals surface area contributed by atoms with Crippen LogP contribution in [0.2, 0.25) is 0 Å². The molecule has 0 spiro atoms. The molecule has 1 atom stereocenters. The summed E-state index contributed by atoms with van der Waals surface area (Å²) in [5.74, 6) is 1.37. The Bertz CT molecular complexity index is 820. The monoisotopic (exact) mass is 428 g/mol. The number of thioether (sulfide) groups is 1. The Balaban J connectivity index is 1.36. The third-order valence-corrected chi connectivity index (χ3v) is 7.09. The molecule has 162 valence electrons. The third kappa shape index (κ3) is 5.37. The first-order valence-corrected chi connectivity index (χ1v) is 12.3. The maximum absolute atomic E-state index is 13.2. The van der Waals surface area contributed by atoms with E-state index in [2.05, 4.69) is 65.6 Å². The standard InChI is InChI=1S/C25H33FN2OS/c1-27-17-20-16-22(29-15-3-12-28-13-10-21(26)11-14-28)6-9-24(20)25(18-27)19-4-7-23(30-2)8-5-19/h4-9,16,21,25H,3,10-15,17-18H2,1-2H3/t25-/m0/s1. The zero-order valence-corrected chi connectivity index (χ0v) is 19.0. The maximum Gasteiger partial charge on any atom is 0.119 e. The summed E-state index contributed by atoms with van der Waals surface area (Å²) in [4.78, 5) is 6.06. The molecule has 0 N–H and O–H groups in total. The average molecular weight is 429 g/mol. The smallest absolute Gasteiger partial charge is 0.119 e. The number of rotatable bonds is 7. The van der Waals surface area contributed by atoms with Crippen molar-refractivity contribution in [1.82, 2.24) is 9.80 Å². The zero-order valence-electron chi connectivity index (χ0n) is 18.1. The van der Waals surface area contributed by atoms with Crippen LogP contribution in [0.15, 0.2) is 47.4 Å². The van der Waals surface area contributed by atoms with E-state index >= 15 is 0 Å². The molecule has 0 aromatic heterocycles. The van der Waals surface area contributed by atoms with Crippen molar-refractivity contribution < 1.29 is 9.13 Å². The average Bonchev–Trinajstić information content (AvgIpc) is 2.77. The Kier molecular flexibility index (Phi) is 7.34. The van der Waals surface area contributed by atoms with Gasteiger partial charge in [-0.15, -0.1) is 11.8 Å². The number of likely N-dealkylation sites (tertiary alicyclic amines) is 1. The van der Waals surface area contributed by atoms with Gasteiger partial charge in [0.05, 0.1) is 6.61 Å². The molecule has 2 heterocycles. The highest BCUT2D eigenvalue weighted by atomic mass is 32.2. The molecule has 4 rings (SSSR count). The van der Waals surface area contributed by atoms with Crippen LogP contribution in [-0.4, -0.2) is 62.1 Å². The van der Waals surface area contributed by atoms with Gasteiger partial charge in [0.15, 0.2) is 0 Å². The van der Waals surface area contributed by atoms with Gasteiger partial charge in [0.2, 0.25) is 0 Å². The molecule has 5 heteroatoms. The van der Waals surface area contributed by atoms with Crippen LogP contribution in [0.4, 0.5) is 4.39 Å². The van der Waals surface area contributed by atoms with E-state index in [-0.39, 0.29) is 0 Å². The first kappa shape index (κ1) is 21.7. The molecule has 1 saturated heterocycles. The number of hydrogen-bond acceptors (Lipinski definition) is 4. The second-order valence-electron chi connectivity index (χ2n) is 8.60. The third-order valence-electron chi connectivity index (χ3n) is 6.35. The van der Waals surface area contributed by atoms with Crippen LogP contribution in [0.5, 0.6) is 5.75 Å². The van der Waals surface area contributed by atoms with Crippen LogP contribution >= 0.6 is 11.8 Å². The summed E-state index contributed by atoms with van der Waals surface area (Å²) in [7, 11) is 2.19. The zero-order chi connectivity index (χ0) is 20.9. The summed E-state index contributed by atoms with van der Waals surface area (Å²) in [6.07, 6.45) is 3.86. The van der Waals surface area contributed by atoms with Gasteiger partial charge in [-0.05, 0) is 73.5 Å². The van der Waals surface area contributed by atoms with Crippen LogP contribution in [0.25, 0.3) is 0 Å². The second kappa shape index (κ2) is 10.2. The van der Waals surface area contributed by atoms with E-state index in [0.29, 0.717) is 25.4 Å². The lowest BCUT2D eigenvalue weighted by atomic mass is 9.85. The first-order valence-electron chi connectivity index (χ1n) is 11.1. The Morgan fingerprint density at radius 2 is 1.87 bits per heavy atom. The van der Waals surface area contributed by atoms with E-state index in [1.807, 2.05) is 0 Å². The van der Waals surface area contributed by atoms with Gasteiger partial charge < -0.3 is 14.5 Å². The minimum Gasteiger partial charge on any atom is -0.494 e. The Labute approximate surface area is 184 Å². The Morgan fingerprint density at radius 1 is 1.10 bits per heavy atom. The molecule has 0 bridgehead atoms. The Hall–Kier alpha value is -1.56. The fourth-order valence-electron chi connectivity index (χ4n) is 4.64. The number of benzene rings is 2. The van der Waals surface area contributed by atoms with Crippen LogP contribution < -0.4 is 4.74 Å². The largest absolute Gasteiger partial charge is 0.494 e. The molecular weight excluding hydrogens is 395 g/mol. The Morgan fingerprint density at radius 3 is 2.60 bits per heavy atom. The number of nitrogens with zero attached hydrogens (tertiary/aromatic N) is 2. The number of likely N-dealkylation sites (N-methyl/N-ethyl adjacent to an activating group) is 1. The highest BCUT2D eigenvalue weighted by Crippen LogP contribution is 2.35. The highest BCUT2D eigenvalue weighted by Gasteiger charge is 2.25. The van der Waals surface area contributed by atoms with Gasteiger partial charge in [0.25, 0.3) is 0 Å². The molecule has 2 aromatic carbocycles. The van der Waals surface area contributed by atoms with E-state index < -0.39 is 6.17 Å².